The summed E-state index contributed by atoms with van der Waals surface area (Å²) in [5.41, 5.74) is 0.725. The summed E-state index contributed by atoms with van der Waals surface area (Å²) in [4.78, 5) is 12.8. The van der Waals surface area contributed by atoms with Crippen molar-refractivity contribution in [3.8, 4) is 5.75 Å². The molecule has 5 nitrogen and oxygen atoms in total. The molecule has 0 bridgehead atoms. The van der Waals surface area contributed by atoms with Gasteiger partial charge in [-0.3, -0.25) is 9.48 Å². The zero-order valence-electron chi connectivity index (χ0n) is 18.7. The van der Waals surface area contributed by atoms with Gasteiger partial charge >= 0.3 is 6.18 Å². The lowest BCUT2D eigenvalue weighted by atomic mass is 9.89. The number of Topliss-reactive ketones (excluding diaryl/α,β-unsaturated/α-hetero) is 1. The average Bonchev–Trinajstić information content (AvgIpc) is 3.49. The van der Waals surface area contributed by atoms with E-state index in [1.165, 1.54) is 32.1 Å². The van der Waals surface area contributed by atoms with Crippen LogP contribution in [0.3, 0.4) is 0 Å². The van der Waals surface area contributed by atoms with Crippen molar-refractivity contribution in [3.63, 3.8) is 0 Å². The normalized spacial score (nSPS) is 17.2. The number of rotatable bonds is 11. The molecule has 4 rings (SSSR count). The molecule has 2 saturated carbocycles. The number of ketones is 1. The minimum absolute atomic E-state index is 0. The van der Waals surface area contributed by atoms with E-state index < -0.39 is 12.8 Å². The molecule has 0 aliphatic heterocycles. The molecular weight excluding hydrogens is 457 g/mol. The van der Waals surface area contributed by atoms with E-state index in [-0.39, 0.29) is 35.9 Å². The number of hydrogen-bond donors (Lipinski definition) is 0. The Balaban J connectivity index is 0.00000306. The molecule has 0 unspecified atom stereocenters. The van der Waals surface area contributed by atoms with E-state index in [1.807, 2.05) is 0 Å². The van der Waals surface area contributed by atoms with Gasteiger partial charge < -0.3 is 9.47 Å². The van der Waals surface area contributed by atoms with Gasteiger partial charge in [0.2, 0.25) is 0 Å². The molecule has 2 fully saturated rings. The summed E-state index contributed by atoms with van der Waals surface area (Å²) in [6.45, 7) is 0.489. The van der Waals surface area contributed by atoms with Crippen LogP contribution in [0, 0.1) is 11.8 Å². The van der Waals surface area contributed by atoms with E-state index in [0.717, 1.165) is 26.0 Å². The van der Waals surface area contributed by atoms with Crippen molar-refractivity contribution < 1.29 is 27.4 Å². The summed E-state index contributed by atoms with van der Waals surface area (Å²) < 4.78 is 51.2. The number of nitrogens with zero attached hydrogens (tertiary/aromatic N) is 2. The predicted octanol–water partition coefficient (Wildman–Crippen LogP) is 6.37. The summed E-state index contributed by atoms with van der Waals surface area (Å²) in [6, 6.07) is 3.24. The lowest BCUT2D eigenvalue weighted by Crippen LogP contribution is -2.20. The zero-order chi connectivity index (χ0) is 22.6. The van der Waals surface area contributed by atoms with Gasteiger partial charge in [-0.2, -0.15) is 18.3 Å². The molecule has 0 atom stereocenters. The fourth-order valence-electron chi connectivity index (χ4n) is 4.38. The first-order chi connectivity index (χ1) is 15.4. The maximum Gasteiger partial charge on any atom is 0.422 e. The molecule has 2 aliphatic rings. The van der Waals surface area contributed by atoms with E-state index >= 15 is 0 Å². The summed E-state index contributed by atoms with van der Waals surface area (Å²) in [7, 11) is 0. The van der Waals surface area contributed by atoms with Crippen LogP contribution in [0.15, 0.2) is 18.3 Å². The molecule has 2 aliphatic carbocycles. The topological polar surface area (TPSA) is 53.3 Å². The molecule has 0 saturated heterocycles. The average molecular weight is 489 g/mol. The molecule has 0 radical (unpaired) electrons. The minimum atomic E-state index is -4.49. The van der Waals surface area contributed by atoms with Crippen molar-refractivity contribution in [1.29, 1.82) is 0 Å². The second kappa shape index (κ2) is 11.6. The van der Waals surface area contributed by atoms with Crippen molar-refractivity contribution in [2.45, 2.75) is 70.5 Å². The Bertz CT molecular complexity index is 922. The number of carbonyl (C=O) groups is 1. The largest absolute Gasteiger partial charge is 0.483 e. The van der Waals surface area contributed by atoms with Crippen LogP contribution in [0.5, 0.6) is 5.75 Å². The second-order valence-electron chi connectivity index (χ2n) is 9.18. The lowest BCUT2D eigenvalue weighted by molar-refractivity contribution is -0.153. The Morgan fingerprint density at radius 3 is 2.55 bits per heavy atom. The van der Waals surface area contributed by atoms with Crippen LogP contribution < -0.4 is 4.74 Å². The molecular formula is C24H32ClF3N2O3. The maximum absolute atomic E-state index is 12.9. The highest BCUT2D eigenvalue weighted by atomic mass is 35.5. The number of halogens is 4. The number of alkyl halides is 3. The molecule has 0 spiro atoms. The smallest absolute Gasteiger partial charge is 0.422 e. The number of hydrogen-bond acceptors (Lipinski definition) is 4. The molecule has 184 valence electrons. The van der Waals surface area contributed by atoms with Crippen LogP contribution in [-0.4, -0.2) is 41.6 Å². The standard InChI is InChI=1S/C24H31F3N2O3.ClH/c25-24(26,27)16-32-23-19(22(30)7-4-12-31-15-18-8-9-18)10-11-21-20(23)14-29(28-21)13-17-5-2-1-3-6-17;/h10-11,14,17-18H,1-9,12-13,15-16H2;1H. The first kappa shape index (κ1) is 25.8. The molecule has 1 heterocycles. The van der Waals surface area contributed by atoms with Gasteiger partial charge in [0.15, 0.2) is 12.4 Å². The number of carbonyl (C=O) groups excluding carboxylic acids is 1. The van der Waals surface area contributed by atoms with Crippen LogP contribution in [-0.2, 0) is 11.3 Å². The quantitative estimate of drug-likeness (QED) is 0.272. The predicted molar refractivity (Wildman–Crippen MR) is 122 cm³/mol. The first-order valence-corrected chi connectivity index (χ1v) is 11.7. The van der Waals surface area contributed by atoms with Crippen LogP contribution >= 0.6 is 12.4 Å². The third-order valence-electron chi connectivity index (χ3n) is 6.28. The van der Waals surface area contributed by atoms with Gasteiger partial charge in [-0.1, -0.05) is 19.3 Å². The Hall–Kier alpha value is -1.80. The van der Waals surface area contributed by atoms with Crippen LogP contribution in [0.1, 0.15) is 68.1 Å². The first-order valence-electron chi connectivity index (χ1n) is 11.7. The number of benzene rings is 1. The Morgan fingerprint density at radius 1 is 1.09 bits per heavy atom. The highest BCUT2D eigenvalue weighted by Crippen LogP contribution is 2.33. The number of fused-ring (bicyclic) bond motifs is 1. The van der Waals surface area contributed by atoms with E-state index in [9.17, 15) is 18.0 Å². The highest BCUT2D eigenvalue weighted by Gasteiger charge is 2.30. The fraction of sp³-hybridized carbons (Fsp3) is 0.667. The van der Waals surface area contributed by atoms with Gasteiger partial charge in [-0.05, 0) is 56.1 Å². The number of aromatic nitrogens is 2. The highest BCUT2D eigenvalue weighted by molar-refractivity contribution is 6.04. The third-order valence-corrected chi connectivity index (χ3v) is 6.28. The van der Waals surface area contributed by atoms with Gasteiger partial charge in [0.25, 0.3) is 0 Å². The van der Waals surface area contributed by atoms with E-state index in [0.29, 0.717) is 35.8 Å². The summed E-state index contributed by atoms with van der Waals surface area (Å²) in [5.74, 6) is 0.924. The van der Waals surface area contributed by atoms with Gasteiger partial charge in [-0.25, -0.2) is 0 Å². The lowest BCUT2D eigenvalue weighted by Gasteiger charge is -2.21. The van der Waals surface area contributed by atoms with Crippen LogP contribution in [0.2, 0.25) is 0 Å². The fourth-order valence-corrected chi connectivity index (χ4v) is 4.38. The van der Waals surface area contributed by atoms with E-state index in [1.54, 1.807) is 23.0 Å². The van der Waals surface area contributed by atoms with E-state index in [4.69, 9.17) is 9.47 Å². The summed E-state index contributed by atoms with van der Waals surface area (Å²) in [5, 5.41) is 5.00. The second-order valence-corrected chi connectivity index (χ2v) is 9.18. The van der Waals surface area contributed by atoms with Crippen LogP contribution in [0.4, 0.5) is 13.2 Å². The molecule has 0 amide bonds. The minimum Gasteiger partial charge on any atom is -0.483 e. The summed E-state index contributed by atoms with van der Waals surface area (Å²) >= 11 is 0. The van der Waals surface area contributed by atoms with Crippen molar-refractivity contribution >= 4 is 29.1 Å². The monoisotopic (exact) mass is 488 g/mol. The van der Waals surface area contributed by atoms with Crippen molar-refractivity contribution in [2.24, 2.45) is 11.8 Å². The Labute approximate surface area is 198 Å². The van der Waals surface area contributed by atoms with Crippen molar-refractivity contribution in [1.82, 2.24) is 9.78 Å². The Morgan fingerprint density at radius 2 is 1.85 bits per heavy atom. The zero-order valence-corrected chi connectivity index (χ0v) is 19.6. The van der Waals surface area contributed by atoms with Crippen LogP contribution in [0.25, 0.3) is 10.9 Å². The van der Waals surface area contributed by atoms with Gasteiger partial charge in [0.1, 0.15) is 5.75 Å². The SMILES string of the molecule is Cl.O=C(CCCOCC1CC1)c1ccc2nn(CC3CCCCC3)cc2c1OCC(F)(F)F. The van der Waals surface area contributed by atoms with Gasteiger partial charge in [0.05, 0.1) is 16.5 Å². The molecule has 1 aromatic heterocycles. The summed E-state index contributed by atoms with van der Waals surface area (Å²) in [6.07, 6.45) is 6.31. The molecule has 33 heavy (non-hydrogen) atoms. The molecule has 1 aromatic carbocycles. The van der Waals surface area contributed by atoms with Crippen molar-refractivity contribution in [3.05, 3.63) is 23.9 Å². The maximum atomic E-state index is 12.9. The van der Waals surface area contributed by atoms with Gasteiger partial charge in [-0.15, -0.1) is 12.4 Å². The van der Waals surface area contributed by atoms with Crippen molar-refractivity contribution in [2.75, 3.05) is 19.8 Å². The molecule has 2 aromatic rings. The van der Waals surface area contributed by atoms with Gasteiger partial charge in [0, 0.05) is 32.4 Å². The molecule has 9 heteroatoms. The molecule has 0 N–H and O–H groups in total. The Kier molecular flexibility index (Phi) is 9.04. The number of ether oxygens (including phenoxy) is 2. The third kappa shape index (κ3) is 7.60. The van der Waals surface area contributed by atoms with E-state index in [2.05, 4.69) is 5.10 Å².